The van der Waals surface area contributed by atoms with Gasteiger partial charge in [-0.15, -0.1) is 0 Å². The summed E-state index contributed by atoms with van der Waals surface area (Å²) in [6, 6.07) is 2.06. The van der Waals surface area contributed by atoms with Crippen molar-refractivity contribution in [2.45, 2.75) is 6.92 Å². The van der Waals surface area contributed by atoms with Gasteiger partial charge >= 0.3 is 5.69 Å². The highest BCUT2D eigenvalue weighted by Crippen LogP contribution is 2.37. The van der Waals surface area contributed by atoms with Crippen molar-refractivity contribution in [3.8, 4) is 5.75 Å². The lowest BCUT2D eigenvalue weighted by molar-refractivity contribution is -0.394. The van der Waals surface area contributed by atoms with Crippen LogP contribution in [0, 0.1) is 23.8 Å². The molecule has 8 heteroatoms. The molecule has 0 N–H and O–H groups in total. The highest BCUT2D eigenvalue weighted by atomic mass is 127. The number of nitrogens with zero attached hydrogens (tertiary/aromatic N) is 2. The van der Waals surface area contributed by atoms with E-state index in [-0.39, 0.29) is 20.8 Å². The first-order valence-electron chi connectivity index (χ1n) is 4.28. The number of rotatable bonds is 4. The van der Waals surface area contributed by atoms with Gasteiger partial charge in [-0.3, -0.25) is 20.2 Å². The van der Waals surface area contributed by atoms with E-state index in [9.17, 15) is 20.2 Å². The zero-order chi connectivity index (χ0) is 13.2. The molecule has 7 nitrogen and oxygen atoms in total. The van der Waals surface area contributed by atoms with Crippen LogP contribution in [-0.4, -0.2) is 9.85 Å². The summed E-state index contributed by atoms with van der Waals surface area (Å²) in [6.07, 6.45) is 0. The number of allylic oxidation sites excluding steroid dienone is 1. The van der Waals surface area contributed by atoms with Crippen molar-refractivity contribution in [1.82, 2.24) is 0 Å². The van der Waals surface area contributed by atoms with Crippen LogP contribution in [0.5, 0.6) is 5.75 Å². The van der Waals surface area contributed by atoms with Crippen LogP contribution in [0.2, 0.25) is 0 Å². The van der Waals surface area contributed by atoms with Gasteiger partial charge in [-0.1, -0.05) is 6.58 Å². The van der Waals surface area contributed by atoms with E-state index >= 15 is 0 Å². The van der Waals surface area contributed by atoms with Crippen LogP contribution in [0.25, 0.3) is 0 Å². The molecule has 17 heavy (non-hydrogen) atoms. The largest absolute Gasteiger partial charge is 0.454 e. The van der Waals surface area contributed by atoms with Gasteiger partial charge < -0.3 is 4.74 Å². The van der Waals surface area contributed by atoms with E-state index in [0.717, 1.165) is 6.07 Å². The maximum absolute atomic E-state index is 10.8. The standard InChI is InChI=1S/C9H7IN2O5/c1-5(2)17-9-7(10)3-6(11(13)14)4-8(9)12(15)16/h3-4H,1H2,2H3. The molecule has 0 aliphatic carbocycles. The van der Waals surface area contributed by atoms with Gasteiger partial charge in [-0.2, -0.15) is 0 Å². The molecule has 0 spiro atoms. The smallest absolute Gasteiger partial charge is 0.319 e. The number of hydrogen-bond acceptors (Lipinski definition) is 5. The molecule has 0 amide bonds. The Morgan fingerprint density at radius 1 is 1.35 bits per heavy atom. The van der Waals surface area contributed by atoms with E-state index in [2.05, 4.69) is 6.58 Å². The van der Waals surface area contributed by atoms with Crippen LogP contribution in [0.3, 0.4) is 0 Å². The third-order valence-electron chi connectivity index (χ3n) is 1.69. The van der Waals surface area contributed by atoms with Gasteiger partial charge in [0.05, 0.1) is 25.2 Å². The lowest BCUT2D eigenvalue weighted by Gasteiger charge is -2.07. The fraction of sp³-hybridized carbons (Fsp3) is 0.111. The van der Waals surface area contributed by atoms with E-state index < -0.39 is 15.5 Å². The third kappa shape index (κ3) is 3.12. The first-order valence-corrected chi connectivity index (χ1v) is 5.36. The van der Waals surface area contributed by atoms with Crippen molar-refractivity contribution in [1.29, 1.82) is 0 Å². The summed E-state index contributed by atoms with van der Waals surface area (Å²) in [5.41, 5.74) is -0.804. The first kappa shape index (κ1) is 13.4. The van der Waals surface area contributed by atoms with Crippen molar-refractivity contribution in [2.75, 3.05) is 0 Å². The normalized spacial score (nSPS) is 9.76. The second kappa shape index (κ2) is 5.08. The maximum Gasteiger partial charge on any atom is 0.319 e. The second-order valence-corrected chi connectivity index (χ2v) is 4.26. The monoisotopic (exact) mass is 350 g/mol. The molecule has 0 fully saturated rings. The molecular weight excluding hydrogens is 343 g/mol. The number of benzene rings is 1. The van der Waals surface area contributed by atoms with Crippen LogP contribution < -0.4 is 4.74 Å². The zero-order valence-corrected chi connectivity index (χ0v) is 10.8. The maximum atomic E-state index is 10.8. The molecule has 1 rings (SSSR count). The highest BCUT2D eigenvalue weighted by molar-refractivity contribution is 14.1. The zero-order valence-electron chi connectivity index (χ0n) is 8.68. The highest BCUT2D eigenvalue weighted by Gasteiger charge is 2.24. The Bertz CT molecular complexity index is 514. The summed E-state index contributed by atoms with van der Waals surface area (Å²) in [5.74, 6) is 0.230. The Labute approximate surface area is 110 Å². The number of hydrogen-bond donors (Lipinski definition) is 0. The van der Waals surface area contributed by atoms with Gasteiger partial charge in [0.1, 0.15) is 0 Å². The molecule has 0 atom stereocenters. The van der Waals surface area contributed by atoms with Gasteiger partial charge in [-0.05, 0) is 29.5 Å². The van der Waals surface area contributed by atoms with Crippen LogP contribution in [0.4, 0.5) is 11.4 Å². The first-order chi connectivity index (χ1) is 7.82. The van der Waals surface area contributed by atoms with E-state index in [1.165, 1.54) is 13.0 Å². The van der Waals surface area contributed by atoms with E-state index in [0.29, 0.717) is 0 Å². The Hall–Kier alpha value is -1.71. The minimum atomic E-state index is -0.729. The number of nitro groups is 2. The number of non-ortho nitro benzene ring substituents is 1. The molecule has 0 aliphatic heterocycles. The van der Waals surface area contributed by atoms with Crippen molar-refractivity contribution >= 4 is 34.0 Å². The molecular formula is C9H7IN2O5. The summed E-state index contributed by atoms with van der Waals surface area (Å²) >= 11 is 1.74. The second-order valence-electron chi connectivity index (χ2n) is 3.09. The molecule has 1 aromatic rings. The van der Waals surface area contributed by atoms with Crippen LogP contribution in [-0.2, 0) is 0 Å². The summed E-state index contributed by atoms with van der Waals surface area (Å²) in [4.78, 5) is 20.0. The summed E-state index contributed by atoms with van der Waals surface area (Å²) in [7, 11) is 0. The Balaban J connectivity index is 3.43. The van der Waals surface area contributed by atoms with E-state index in [1.807, 2.05) is 0 Å². The summed E-state index contributed by atoms with van der Waals surface area (Å²) < 4.78 is 5.39. The van der Waals surface area contributed by atoms with E-state index in [4.69, 9.17) is 4.74 Å². The minimum Gasteiger partial charge on any atom is -0.454 e. The van der Waals surface area contributed by atoms with Gasteiger partial charge in [-0.25, -0.2) is 0 Å². The molecule has 0 bridgehead atoms. The summed E-state index contributed by atoms with van der Waals surface area (Å²) in [5, 5.41) is 21.4. The Kier molecular flexibility index (Phi) is 3.99. The molecule has 0 saturated heterocycles. The molecule has 0 radical (unpaired) electrons. The van der Waals surface area contributed by atoms with Crippen molar-refractivity contribution in [3.63, 3.8) is 0 Å². The number of ether oxygens (including phenoxy) is 1. The SMILES string of the molecule is C=C(C)Oc1c(I)cc([N+](=O)[O-])cc1[N+](=O)[O-]. The van der Waals surface area contributed by atoms with E-state index in [1.54, 1.807) is 22.6 Å². The van der Waals surface area contributed by atoms with Crippen molar-refractivity contribution in [2.24, 2.45) is 0 Å². The molecule has 90 valence electrons. The van der Waals surface area contributed by atoms with Crippen LogP contribution in [0.1, 0.15) is 6.92 Å². The van der Waals surface area contributed by atoms with Gasteiger partial charge in [0.2, 0.25) is 5.75 Å². The predicted octanol–water partition coefficient (Wildman–Crippen LogP) is 3.02. The lowest BCUT2D eigenvalue weighted by atomic mass is 10.2. The molecule has 1 aromatic carbocycles. The van der Waals surface area contributed by atoms with Crippen molar-refractivity contribution < 1.29 is 14.6 Å². The summed E-state index contributed by atoms with van der Waals surface area (Å²) in [6.45, 7) is 5.00. The molecule has 0 aromatic heterocycles. The van der Waals surface area contributed by atoms with Crippen molar-refractivity contribution in [3.05, 3.63) is 48.3 Å². The molecule has 0 aliphatic rings. The quantitative estimate of drug-likeness (QED) is 0.360. The number of halogens is 1. The van der Waals surface area contributed by atoms with Crippen LogP contribution in [0.15, 0.2) is 24.5 Å². The van der Waals surface area contributed by atoms with Gasteiger partial charge in [0, 0.05) is 6.07 Å². The Morgan fingerprint density at radius 2 is 1.94 bits per heavy atom. The third-order valence-corrected chi connectivity index (χ3v) is 2.49. The Morgan fingerprint density at radius 3 is 2.35 bits per heavy atom. The fourth-order valence-electron chi connectivity index (χ4n) is 1.08. The van der Waals surface area contributed by atoms with Gasteiger partial charge in [0.25, 0.3) is 5.69 Å². The molecule has 0 heterocycles. The fourth-order valence-corrected chi connectivity index (χ4v) is 1.79. The number of nitro benzene ring substituents is 2. The average molecular weight is 350 g/mol. The topological polar surface area (TPSA) is 95.5 Å². The average Bonchev–Trinajstić information content (AvgIpc) is 2.19. The van der Waals surface area contributed by atoms with Gasteiger partial charge in [0.15, 0.2) is 0 Å². The molecule has 0 unspecified atom stereocenters. The minimum absolute atomic E-state index is 0.0336. The molecule has 0 saturated carbocycles. The lowest BCUT2D eigenvalue weighted by Crippen LogP contribution is -2.00. The predicted molar refractivity (Wildman–Crippen MR) is 67.9 cm³/mol. The van der Waals surface area contributed by atoms with Crippen LogP contribution >= 0.6 is 22.6 Å².